The van der Waals surface area contributed by atoms with Crippen LogP contribution in [-0.2, 0) is 11.2 Å². The van der Waals surface area contributed by atoms with E-state index in [1.54, 1.807) is 6.07 Å². The number of hydrogen-bond acceptors (Lipinski definition) is 3. The SMILES string of the molecule is CC(C)(C)C1CCN(C(=O)C2Cc3cc(C#N)ccc3N2)CC1. The summed E-state index contributed by atoms with van der Waals surface area (Å²) in [5.41, 5.74) is 3.05. The van der Waals surface area contributed by atoms with Crippen molar-refractivity contribution in [2.75, 3.05) is 18.4 Å². The van der Waals surface area contributed by atoms with Crippen molar-refractivity contribution in [3.63, 3.8) is 0 Å². The largest absolute Gasteiger partial charge is 0.373 e. The number of piperidine rings is 1. The zero-order valence-corrected chi connectivity index (χ0v) is 14.2. The summed E-state index contributed by atoms with van der Waals surface area (Å²) in [6.07, 6.45) is 2.86. The molecular weight excluding hydrogens is 286 g/mol. The molecule has 1 aromatic carbocycles. The van der Waals surface area contributed by atoms with Crippen LogP contribution in [0.1, 0.15) is 44.7 Å². The summed E-state index contributed by atoms with van der Waals surface area (Å²) in [6.45, 7) is 8.59. The maximum atomic E-state index is 12.8. The van der Waals surface area contributed by atoms with E-state index in [-0.39, 0.29) is 11.9 Å². The minimum atomic E-state index is -0.176. The first-order valence-electron chi connectivity index (χ1n) is 8.47. The van der Waals surface area contributed by atoms with Crippen molar-refractivity contribution in [1.82, 2.24) is 4.90 Å². The molecule has 4 nitrogen and oxygen atoms in total. The van der Waals surface area contributed by atoms with E-state index in [4.69, 9.17) is 5.26 Å². The third kappa shape index (κ3) is 3.19. The summed E-state index contributed by atoms with van der Waals surface area (Å²) in [4.78, 5) is 14.8. The lowest BCUT2D eigenvalue weighted by Gasteiger charge is -2.39. The molecule has 1 saturated heterocycles. The Balaban J connectivity index is 1.62. The standard InChI is InChI=1S/C19H25N3O/c1-19(2,3)15-6-8-22(9-7-15)18(23)17-11-14-10-13(12-20)4-5-16(14)21-17/h4-5,10,15,17,21H,6-9,11H2,1-3H3. The minimum Gasteiger partial charge on any atom is -0.373 e. The monoisotopic (exact) mass is 311 g/mol. The summed E-state index contributed by atoms with van der Waals surface area (Å²) >= 11 is 0. The van der Waals surface area contributed by atoms with E-state index >= 15 is 0 Å². The van der Waals surface area contributed by atoms with Gasteiger partial charge in [0.2, 0.25) is 5.91 Å². The van der Waals surface area contributed by atoms with Gasteiger partial charge in [-0.3, -0.25) is 4.79 Å². The van der Waals surface area contributed by atoms with Crippen LogP contribution in [0.25, 0.3) is 0 Å². The van der Waals surface area contributed by atoms with Crippen LogP contribution in [-0.4, -0.2) is 29.9 Å². The number of rotatable bonds is 1. The predicted molar refractivity (Wildman–Crippen MR) is 91.0 cm³/mol. The van der Waals surface area contributed by atoms with E-state index in [0.717, 1.165) is 37.2 Å². The summed E-state index contributed by atoms with van der Waals surface area (Å²) in [5.74, 6) is 0.894. The number of nitriles is 1. The number of nitrogens with one attached hydrogen (secondary N) is 1. The van der Waals surface area contributed by atoms with E-state index in [2.05, 4.69) is 32.2 Å². The molecule has 1 N–H and O–H groups in total. The zero-order valence-electron chi connectivity index (χ0n) is 14.2. The maximum Gasteiger partial charge on any atom is 0.245 e. The Morgan fingerprint density at radius 1 is 1.30 bits per heavy atom. The summed E-state index contributed by atoms with van der Waals surface area (Å²) in [5, 5.41) is 12.3. The number of benzene rings is 1. The van der Waals surface area contributed by atoms with E-state index in [9.17, 15) is 4.79 Å². The van der Waals surface area contributed by atoms with Crippen molar-refractivity contribution in [2.24, 2.45) is 11.3 Å². The lowest BCUT2D eigenvalue weighted by molar-refractivity contribution is -0.133. The van der Waals surface area contributed by atoms with Crippen molar-refractivity contribution < 1.29 is 4.79 Å². The van der Waals surface area contributed by atoms with E-state index in [1.165, 1.54) is 0 Å². The van der Waals surface area contributed by atoms with Crippen molar-refractivity contribution in [1.29, 1.82) is 5.26 Å². The molecule has 0 spiro atoms. The molecule has 0 saturated carbocycles. The smallest absolute Gasteiger partial charge is 0.245 e. The van der Waals surface area contributed by atoms with Crippen LogP contribution >= 0.6 is 0 Å². The summed E-state index contributed by atoms with van der Waals surface area (Å²) < 4.78 is 0. The molecule has 2 aliphatic rings. The molecule has 0 bridgehead atoms. The summed E-state index contributed by atoms with van der Waals surface area (Å²) in [7, 11) is 0. The highest BCUT2D eigenvalue weighted by Gasteiger charge is 2.34. The predicted octanol–water partition coefficient (Wildman–Crippen LogP) is 3.18. The van der Waals surface area contributed by atoms with Gasteiger partial charge in [0.25, 0.3) is 0 Å². The van der Waals surface area contributed by atoms with Gasteiger partial charge in [-0.2, -0.15) is 5.26 Å². The Bertz CT molecular complexity index is 646. The van der Waals surface area contributed by atoms with Crippen molar-refractivity contribution in [3.8, 4) is 6.07 Å². The summed E-state index contributed by atoms with van der Waals surface area (Å²) in [6, 6.07) is 7.58. The molecule has 1 atom stereocenters. The number of anilines is 1. The van der Waals surface area contributed by atoms with Crippen LogP contribution in [0.3, 0.4) is 0 Å². The molecule has 2 heterocycles. The molecule has 2 aliphatic heterocycles. The Morgan fingerprint density at radius 3 is 2.61 bits per heavy atom. The molecule has 0 aromatic heterocycles. The molecule has 23 heavy (non-hydrogen) atoms. The molecule has 3 rings (SSSR count). The van der Waals surface area contributed by atoms with E-state index in [0.29, 0.717) is 23.3 Å². The second-order valence-corrected chi connectivity index (χ2v) is 7.85. The van der Waals surface area contributed by atoms with Gasteiger partial charge in [0.15, 0.2) is 0 Å². The first kappa shape index (κ1) is 15.9. The molecular formula is C19H25N3O. The molecule has 4 heteroatoms. The Kier molecular flexibility index (Phi) is 4.06. The van der Waals surface area contributed by atoms with Gasteiger partial charge in [-0.05, 0) is 47.9 Å². The van der Waals surface area contributed by atoms with Gasteiger partial charge in [0.05, 0.1) is 11.6 Å². The lowest BCUT2D eigenvalue weighted by atomic mass is 9.75. The molecule has 1 aromatic rings. The number of carbonyl (C=O) groups excluding carboxylic acids is 1. The molecule has 0 radical (unpaired) electrons. The zero-order chi connectivity index (χ0) is 16.6. The lowest BCUT2D eigenvalue weighted by Crippen LogP contribution is -2.47. The number of hydrogen-bond donors (Lipinski definition) is 1. The number of nitrogens with zero attached hydrogens (tertiary/aromatic N) is 2. The average molecular weight is 311 g/mol. The van der Waals surface area contributed by atoms with Crippen LogP contribution in [0.4, 0.5) is 5.69 Å². The fourth-order valence-electron chi connectivity index (χ4n) is 3.77. The topological polar surface area (TPSA) is 56.1 Å². The second kappa shape index (κ2) is 5.88. The first-order chi connectivity index (χ1) is 10.9. The van der Waals surface area contributed by atoms with E-state index in [1.807, 2.05) is 17.0 Å². The molecule has 122 valence electrons. The van der Waals surface area contributed by atoms with Crippen molar-refractivity contribution >= 4 is 11.6 Å². The average Bonchev–Trinajstić information content (AvgIpc) is 2.96. The number of carbonyl (C=O) groups is 1. The molecule has 1 amide bonds. The Morgan fingerprint density at radius 2 is 2.00 bits per heavy atom. The van der Waals surface area contributed by atoms with Crippen molar-refractivity contribution in [2.45, 2.75) is 46.1 Å². The highest BCUT2D eigenvalue weighted by atomic mass is 16.2. The van der Waals surface area contributed by atoms with Gasteiger partial charge in [0, 0.05) is 25.2 Å². The number of likely N-dealkylation sites (tertiary alicyclic amines) is 1. The third-order valence-corrected chi connectivity index (χ3v) is 5.32. The van der Waals surface area contributed by atoms with Gasteiger partial charge in [-0.1, -0.05) is 20.8 Å². The highest BCUT2D eigenvalue weighted by Crippen LogP contribution is 2.35. The Labute approximate surface area is 138 Å². The fourth-order valence-corrected chi connectivity index (χ4v) is 3.77. The first-order valence-corrected chi connectivity index (χ1v) is 8.47. The van der Waals surface area contributed by atoms with Gasteiger partial charge in [-0.15, -0.1) is 0 Å². The van der Waals surface area contributed by atoms with Crippen LogP contribution in [0.15, 0.2) is 18.2 Å². The van der Waals surface area contributed by atoms with E-state index < -0.39 is 0 Å². The highest BCUT2D eigenvalue weighted by molar-refractivity contribution is 5.87. The normalized spacial score (nSPS) is 21.5. The van der Waals surface area contributed by atoms with Gasteiger partial charge in [0.1, 0.15) is 6.04 Å². The van der Waals surface area contributed by atoms with Crippen LogP contribution < -0.4 is 5.32 Å². The molecule has 0 aliphatic carbocycles. The van der Waals surface area contributed by atoms with Crippen LogP contribution in [0.2, 0.25) is 0 Å². The van der Waals surface area contributed by atoms with Crippen molar-refractivity contribution in [3.05, 3.63) is 29.3 Å². The van der Waals surface area contributed by atoms with Gasteiger partial charge < -0.3 is 10.2 Å². The van der Waals surface area contributed by atoms with Gasteiger partial charge >= 0.3 is 0 Å². The maximum absolute atomic E-state index is 12.8. The molecule has 1 unspecified atom stereocenters. The molecule has 1 fully saturated rings. The minimum absolute atomic E-state index is 0.176. The number of fused-ring (bicyclic) bond motifs is 1. The fraction of sp³-hybridized carbons (Fsp3) is 0.579. The van der Waals surface area contributed by atoms with Crippen LogP contribution in [0, 0.1) is 22.7 Å². The quantitative estimate of drug-likeness (QED) is 0.866. The Hall–Kier alpha value is -2.02. The number of amides is 1. The second-order valence-electron chi connectivity index (χ2n) is 7.85. The van der Waals surface area contributed by atoms with Gasteiger partial charge in [-0.25, -0.2) is 0 Å². The van der Waals surface area contributed by atoms with Crippen LogP contribution in [0.5, 0.6) is 0 Å². The third-order valence-electron chi connectivity index (χ3n) is 5.32.